The minimum absolute atomic E-state index is 0.160. The van der Waals surface area contributed by atoms with Crippen molar-refractivity contribution >= 4 is 44.4 Å². The maximum Gasteiger partial charge on any atom is 0.261 e. The molecule has 0 spiro atoms. The van der Waals surface area contributed by atoms with Crippen LogP contribution in [-0.4, -0.2) is 20.1 Å². The molecule has 0 fully saturated rings. The molecule has 0 atom stereocenters. The van der Waals surface area contributed by atoms with Crippen LogP contribution in [0.3, 0.4) is 0 Å². The van der Waals surface area contributed by atoms with Crippen molar-refractivity contribution in [1.29, 1.82) is 0 Å². The first-order valence-corrected chi connectivity index (χ1v) is 10.8. The summed E-state index contributed by atoms with van der Waals surface area (Å²) in [5.74, 6) is 0.701. The fourth-order valence-electron chi connectivity index (χ4n) is 2.57. The molecule has 150 valence electrons. The predicted octanol–water partition coefficient (Wildman–Crippen LogP) is 4.70. The van der Waals surface area contributed by atoms with E-state index in [0.29, 0.717) is 28.8 Å². The molecule has 0 bridgehead atoms. The predicted molar refractivity (Wildman–Crippen MR) is 121 cm³/mol. The Morgan fingerprint density at radius 1 is 0.862 bits per heavy atom. The first kappa shape index (κ1) is 20.6. The molecule has 3 aromatic carbocycles. The molecule has 3 rings (SSSR count). The first-order chi connectivity index (χ1) is 14.0. The summed E-state index contributed by atoms with van der Waals surface area (Å²) in [6.07, 6.45) is 0. The van der Waals surface area contributed by atoms with Crippen molar-refractivity contribution in [2.75, 3.05) is 22.0 Å². The summed E-state index contributed by atoms with van der Waals surface area (Å²) in [5, 5.41) is 6.49. The zero-order chi connectivity index (χ0) is 20.7. The van der Waals surface area contributed by atoms with Crippen LogP contribution in [0.2, 0.25) is 0 Å². The van der Waals surface area contributed by atoms with Gasteiger partial charge >= 0.3 is 0 Å². The Morgan fingerprint density at radius 2 is 1.52 bits per heavy atom. The first-order valence-electron chi connectivity index (χ1n) is 8.96. The molecule has 3 aromatic rings. The Labute approximate surface area is 176 Å². The lowest BCUT2D eigenvalue weighted by molar-refractivity contribution is 0.342. The quantitative estimate of drug-likeness (QED) is 0.475. The molecule has 0 radical (unpaired) electrons. The van der Waals surface area contributed by atoms with E-state index in [4.69, 9.17) is 17.0 Å². The van der Waals surface area contributed by atoms with E-state index in [0.717, 1.165) is 5.69 Å². The van der Waals surface area contributed by atoms with E-state index in [1.54, 1.807) is 36.4 Å². The summed E-state index contributed by atoms with van der Waals surface area (Å²) in [5.41, 5.74) is 1.92. The maximum absolute atomic E-state index is 12.5. The van der Waals surface area contributed by atoms with Gasteiger partial charge in [-0.2, -0.15) is 0 Å². The van der Waals surface area contributed by atoms with E-state index >= 15 is 0 Å². The standard InChI is InChI=1S/C21H21N3O3S2/c1-2-27-20-11-7-6-10-19(20)23-21(28)22-16-12-14-18(15-13-16)29(25,26)24-17-8-4-3-5-9-17/h3-15,24H,2H2,1H3,(H2,22,23,28). The molecule has 29 heavy (non-hydrogen) atoms. The van der Waals surface area contributed by atoms with Gasteiger partial charge in [-0.3, -0.25) is 4.72 Å². The van der Waals surface area contributed by atoms with Crippen molar-refractivity contribution in [2.45, 2.75) is 11.8 Å². The summed E-state index contributed by atoms with van der Waals surface area (Å²) < 4.78 is 33.1. The topological polar surface area (TPSA) is 79.5 Å². The largest absolute Gasteiger partial charge is 0.492 e. The van der Waals surface area contributed by atoms with Crippen LogP contribution in [0, 0.1) is 0 Å². The molecule has 8 heteroatoms. The number of benzene rings is 3. The lowest BCUT2D eigenvalue weighted by Crippen LogP contribution is -2.19. The second-order valence-corrected chi connectivity index (χ2v) is 8.09. The van der Waals surface area contributed by atoms with Crippen LogP contribution >= 0.6 is 12.2 Å². The van der Waals surface area contributed by atoms with Gasteiger partial charge in [0.05, 0.1) is 17.2 Å². The van der Waals surface area contributed by atoms with Gasteiger partial charge in [-0.05, 0) is 67.7 Å². The smallest absolute Gasteiger partial charge is 0.261 e. The van der Waals surface area contributed by atoms with Gasteiger partial charge < -0.3 is 15.4 Å². The Morgan fingerprint density at radius 3 is 2.21 bits per heavy atom. The fourth-order valence-corrected chi connectivity index (χ4v) is 3.86. The highest BCUT2D eigenvalue weighted by atomic mass is 32.2. The number of thiocarbonyl (C=S) groups is 1. The van der Waals surface area contributed by atoms with Crippen molar-refractivity contribution in [3.63, 3.8) is 0 Å². The summed E-state index contributed by atoms with van der Waals surface area (Å²) in [6.45, 7) is 2.46. The Hall–Kier alpha value is -3.10. The number of sulfonamides is 1. The minimum Gasteiger partial charge on any atom is -0.492 e. The number of para-hydroxylation sites is 3. The van der Waals surface area contributed by atoms with E-state index in [1.165, 1.54) is 12.1 Å². The fraction of sp³-hybridized carbons (Fsp3) is 0.0952. The molecule has 0 saturated heterocycles. The van der Waals surface area contributed by atoms with E-state index in [9.17, 15) is 8.42 Å². The van der Waals surface area contributed by atoms with Gasteiger partial charge in [0.1, 0.15) is 5.75 Å². The van der Waals surface area contributed by atoms with Gasteiger partial charge in [-0.15, -0.1) is 0 Å². The monoisotopic (exact) mass is 427 g/mol. The summed E-state index contributed by atoms with van der Waals surface area (Å²) in [7, 11) is -3.66. The minimum atomic E-state index is -3.66. The second kappa shape index (κ2) is 9.40. The van der Waals surface area contributed by atoms with E-state index in [1.807, 2.05) is 37.3 Å². The van der Waals surface area contributed by atoms with Gasteiger partial charge in [0.2, 0.25) is 0 Å². The zero-order valence-electron chi connectivity index (χ0n) is 15.8. The molecule has 6 nitrogen and oxygen atoms in total. The van der Waals surface area contributed by atoms with Crippen molar-refractivity contribution in [3.8, 4) is 5.75 Å². The molecule has 0 aliphatic carbocycles. The van der Waals surface area contributed by atoms with Crippen LogP contribution in [0.5, 0.6) is 5.75 Å². The third-order valence-electron chi connectivity index (χ3n) is 3.88. The van der Waals surface area contributed by atoms with E-state index in [2.05, 4.69) is 15.4 Å². The highest BCUT2D eigenvalue weighted by Gasteiger charge is 2.14. The van der Waals surface area contributed by atoms with Crippen LogP contribution in [-0.2, 0) is 10.0 Å². The third kappa shape index (κ3) is 5.69. The lowest BCUT2D eigenvalue weighted by Gasteiger charge is -2.14. The van der Waals surface area contributed by atoms with Crippen LogP contribution in [0.1, 0.15) is 6.92 Å². The van der Waals surface area contributed by atoms with Crippen LogP contribution < -0.4 is 20.1 Å². The molecule has 0 unspecified atom stereocenters. The number of hydrogen-bond acceptors (Lipinski definition) is 4. The van der Waals surface area contributed by atoms with Gasteiger partial charge in [0, 0.05) is 11.4 Å². The molecule has 0 amide bonds. The maximum atomic E-state index is 12.5. The van der Waals surface area contributed by atoms with E-state index in [-0.39, 0.29) is 4.90 Å². The summed E-state index contributed by atoms with van der Waals surface area (Å²) in [4.78, 5) is 0.160. The van der Waals surface area contributed by atoms with Crippen LogP contribution in [0.25, 0.3) is 0 Å². The molecule has 0 saturated carbocycles. The normalized spacial score (nSPS) is 10.8. The van der Waals surface area contributed by atoms with Gasteiger partial charge in [-0.25, -0.2) is 8.42 Å². The number of anilines is 3. The Balaban J connectivity index is 1.65. The average molecular weight is 428 g/mol. The Bertz CT molecular complexity index is 1070. The molecule has 0 aliphatic rings. The molecule has 0 aliphatic heterocycles. The zero-order valence-corrected chi connectivity index (χ0v) is 17.4. The van der Waals surface area contributed by atoms with Crippen LogP contribution in [0.15, 0.2) is 83.8 Å². The molecule has 0 aromatic heterocycles. The van der Waals surface area contributed by atoms with Crippen molar-refractivity contribution < 1.29 is 13.2 Å². The molecular weight excluding hydrogens is 406 g/mol. The van der Waals surface area contributed by atoms with Crippen molar-refractivity contribution in [2.24, 2.45) is 0 Å². The number of rotatable bonds is 7. The number of ether oxygens (including phenoxy) is 1. The SMILES string of the molecule is CCOc1ccccc1NC(=S)Nc1ccc(S(=O)(=O)Nc2ccccc2)cc1. The van der Waals surface area contributed by atoms with Crippen molar-refractivity contribution in [3.05, 3.63) is 78.9 Å². The van der Waals surface area contributed by atoms with E-state index < -0.39 is 10.0 Å². The number of hydrogen-bond donors (Lipinski definition) is 3. The molecular formula is C21H21N3O3S2. The summed E-state index contributed by atoms with van der Waals surface area (Å²) in [6, 6.07) is 22.6. The van der Waals surface area contributed by atoms with Crippen LogP contribution in [0.4, 0.5) is 17.1 Å². The molecule has 0 heterocycles. The Kier molecular flexibility index (Phi) is 6.69. The van der Waals surface area contributed by atoms with Crippen molar-refractivity contribution in [1.82, 2.24) is 0 Å². The average Bonchev–Trinajstić information content (AvgIpc) is 2.70. The summed E-state index contributed by atoms with van der Waals surface area (Å²) >= 11 is 5.35. The van der Waals surface area contributed by atoms with Gasteiger partial charge in [0.25, 0.3) is 10.0 Å². The highest BCUT2D eigenvalue weighted by molar-refractivity contribution is 7.92. The second-order valence-electron chi connectivity index (χ2n) is 6.00. The lowest BCUT2D eigenvalue weighted by atomic mass is 10.3. The highest BCUT2D eigenvalue weighted by Crippen LogP contribution is 2.24. The third-order valence-corrected chi connectivity index (χ3v) is 5.48. The number of nitrogens with one attached hydrogen (secondary N) is 3. The van der Waals surface area contributed by atoms with Gasteiger partial charge in [-0.1, -0.05) is 30.3 Å². The molecule has 3 N–H and O–H groups in total. The van der Waals surface area contributed by atoms with Gasteiger partial charge in [0.15, 0.2) is 5.11 Å².